The lowest BCUT2D eigenvalue weighted by atomic mass is 10.1. The first-order chi connectivity index (χ1) is 14.5. The molecule has 0 amide bonds. The number of aryl methyl sites for hydroxylation is 2. The zero-order chi connectivity index (χ0) is 21.3. The zero-order valence-electron chi connectivity index (χ0n) is 16.8. The van der Waals surface area contributed by atoms with E-state index in [-0.39, 0.29) is 5.43 Å². The molecule has 0 bridgehead atoms. The quantitative estimate of drug-likeness (QED) is 0.287. The number of thioether (sulfide) groups is 1. The van der Waals surface area contributed by atoms with Gasteiger partial charge in [-0.2, -0.15) is 14.9 Å². The number of rotatable bonds is 5. The normalized spacial score (nSPS) is 11.6. The van der Waals surface area contributed by atoms with Gasteiger partial charge in [-0.25, -0.2) is 10.1 Å². The van der Waals surface area contributed by atoms with Gasteiger partial charge in [-0.05, 0) is 62.2 Å². The number of hydrogen-bond donors (Lipinski definition) is 1. The minimum Gasteiger partial charge on any atom is -0.332 e. The molecule has 0 atom stereocenters. The Morgan fingerprint density at radius 1 is 1.23 bits per heavy atom. The van der Waals surface area contributed by atoms with Gasteiger partial charge in [-0.15, -0.1) is 11.8 Å². The predicted molar refractivity (Wildman–Crippen MR) is 124 cm³/mol. The highest BCUT2D eigenvalue weighted by Crippen LogP contribution is 2.19. The molecule has 152 valence electrons. The second-order valence-corrected chi connectivity index (χ2v) is 7.93. The fourth-order valence-corrected chi connectivity index (χ4v) is 3.74. The van der Waals surface area contributed by atoms with E-state index in [1.54, 1.807) is 30.2 Å². The largest absolute Gasteiger partial charge is 0.332 e. The molecule has 0 saturated carbocycles. The van der Waals surface area contributed by atoms with E-state index in [1.165, 1.54) is 9.57 Å². The molecule has 30 heavy (non-hydrogen) atoms. The van der Waals surface area contributed by atoms with Crippen LogP contribution >= 0.6 is 24.0 Å². The number of hydrogen-bond acceptors (Lipinski definition) is 6. The molecule has 9 heteroatoms. The summed E-state index contributed by atoms with van der Waals surface area (Å²) in [7, 11) is 0. The zero-order valence-corrected chi connectivity index (χ0v) is 18.4. The SMILES string of the molecule is CCn1cc(-c2n[nH]c(=S)n2/N=C/c2ccc(SC)cc2)c(=O)c2ccc(C)nc21. The van der Waals surface area contributed by atoms with Crippen molar-refractivity contribution in [1.82, 2.24) is 24.4 Å². The minimum absolute atomic E-state index is 0.156. The highest BCUT2D eigenvalue weighted by atomic mass is 32.2. The number of pyridine rings is 2. The van der Waals surface area contributed by atoms with Gasteiger partial charge in [0.1, 0.15) is 5.65 Å². The van der Waals surface area contributed by atoms with E-state index in [2.05, 4.69) is 20.3 Å². The van der Waals surface area contributed by atoms with E-state index in [9.17, 15) is 4.79 Å². The Morgan fingerprint density at radius 2 is 2.00 bits per heavy atom. The van der Waals surface area contributed by atoms with E-state index in [4.69, 9.17) is 12.2 Å². The van der Waals surface area contributed by atoms with Crippen molar-refractivity contribution in [3.05, 3.63) is 68.8 Å². The maximum Gasteiger partial charge on any atom is 0.216 e. The molecule has 4 aromatic rings. The van der Waals surface area contributed by atoms with Crippen LogP contribution in [0.2, 0.25) is 0 Å². The van der Waals surface area contributed by atoms with Crippen molar-refractivity contribution in [1.29, 1.82) is 0 Å². The molecule has 1 N–H and O–H groups in total. The maximum absolute atomic E-state index is 13.2. The first-order valence-electron chi connectivity index (χ1n) is 9.39. The molecule has 0 unspecified atom stereocenters. The van der Waals surface area contributed by atoms with Gasteiger partial charge in [0.15, 0.2) is 5.82 Å². The Bertz CT molecular complexity index is 1370. The summed E-state index contributed by atoms with van der Waals surface area (Å²) >= 11 is 7.03. The van der Waals surface area contributed by atoms with Crippen LogP contribution in [-0.2, 0) is 6.54 Å². The number of benzene rings is 1. The Morgan fingerprint density at radius 3 is 2.70 bits per heavy atom. The number of fused-ring (bicyclic) bond motifs is 1. The van der Waals surface area contributed by atoms with Gasteiger partial charge in [0.2, 0.25) is 10.2 Å². The molecule has 4 rings (SSSR count). The van der Waals surface area contributed by atoms with Crippen molar-refractivity contribution in [3.63, 3.8) is 0 Å². The first-order valence-corrected chi connectivity index (χ1v) is 11.0. The van der Waals surface area contributed by atoms with Crippen molar-refractivity contribution < 1.29 is 0 Å². The molecular formula is C21H20N6OS2. The molecule has 0 fully saturated rings. The molecule has 0 aliphatic heterocycles. The van der Waals surface area contributed by atoms with Crippen LogP contribution in [0.3, 0.4) is 0 Å². The van der Waals surface area contributed by atoms with Gasteiger partial charge in [-0.3, -0.25) is 4.79 Å². The second-order valence-electron chi connectivity index (χ2n) is 6.66. The van der Waals surface area contributed by atoms with Crippen LogP contribution in [0.25, 0.3) is 22.4 Å². The Kier molecular flexibility index (Phi) is 5.65. The Labute approximate surface area is 182 Å². The molecule has 7 nitrogen and oxygen atoms in total. The summed E-state index contributed by atoms with van der Waals surface area (Å²) in [5.41, 5.74) is 2.70. The minimum atomic E-state index is -0.156. The van der Waals surface area contributed by atoms with E-state index in [1.807, 2.05) is 55.0 Å². The van der Waals surface area contributed by atoms with Gasteiger partial charge in [0.05, 0.1) is 17.2 Å². The third-order valence-corrected chi connectivity index (χ3v) is 5.74. The standard InChI is InChI=1S/C21H20N6OS2/c1-4-26-12-17(18(28)16-10-5-13(2)23-19(16)26)20-24-25-21(29)27(20)22-11-14-6-8-15(30-3)9-7-14/h5-12H,4H2,1-3H3,(H,25,29)/b22-11+. The Hall–Kier alpha value is -3.04. The van der Waals surface area contributed by atoms with Crippen molar-refractivity contribution in [2.75, 3.05) is 6.26 Å². The Balaban J connectivity index is 1.84. The summed E-state index contributed by atoms with van der Waals surface area (Å²) in [6, 6.07) is 11.7. The smallest absolute Gasteiger partial charge is 0.216 e. The average molecular weight is 437 g/mol. The predicted octanol–water partition coefficient (Wildman–Crippen LogP) is 4.25. The van der Waals surface area contributed by atoms with Crippen molar-refractivity contribution in [2.45, 2.75) is 25.3 Å². The molecule has 0 spiro atoms. The van der Waals surface area contributed by atoms with Crippen molar-refractivity contribution in [2.24, 2.45) is 5.10 Å². The third-order valence-electron chi connectivity index (χ3n) is 4.73. The van der Waals surface area contributed by atoms with Gasteiger partial charge >= 0.3 is 0 Å². The number of nitrogens with zero attached hydrogens (tertiary/aromatic N) is 5. The molecular weight excluding hydrogens is 416 g/mol. The maximum atomic E-state index is 13.2. The lowest BCUT2D eigenvalue weighted by Crippen LogP contribution is -2.15. The molecule has 0 saturated heterocycles. The van der Waals surface area contributed by atoms with Crippen LogP contribution in [0.15, 0.2) is 57.4 Å². The van der Waals surface area contributed by atoms with E-state index < -0.39 is 0 Å². The summed E-state index contributed by atoms with van der Waals surface area (Å²) < 4.78 is 3.72. The fourth-order valence-electron chi connectivity index (χ4n) is 3.15. The van der Waals surface area contributed by atoms with Crippen molar-refractivity contribution >= 4 is 41.2 Å². The molecule has 1 aromatic carbocycles. The van der Waals surface area contributed by atoms with Gasteiger partial charge in [0.25, 0.3) is 0 Å². The molecule has 3 aromatic heterocycles. The summed E-state index contributed by atoms with van der Waals surface area (Å²) in [6.45, 7) is 4.57. The van der Waals surface area contributed by atoms with E-state index in [0.29, 0.717) is 33.7 Å². The fraction of sp³-hybridized carbons (Fsp3) is 0.190. The number of H-pyrrole nitrogens is 1. The third kappa shape index (κ3) is 3.73. The highest BCUT2D eigenvalue weighted by molar-refractivity contribution is 7.98. The van der Waals surface area contributed by atoms with Crippen molar-refractivity contribution in [3.8, 4) is 11.4 Å². The molecule has 0 aliphatic carbocycles. The van der Waals surface area contributed by atoms with Gasteiger partial charge < -0.3 is 4.57 Å². The topological polar surface area (TPSA) is 80.9 Å². The average Bonchev–Trinajstić information content (AvgIpc) is 3.13. The lowest BCUT2D eigenvalue weighted by Gasteiger charge is -2.11. The van der Waals surface area contributed by atoms with Crippen LogP contribution in [-0.4, -0.2) is 36.9 Å². The highest BCUT2D eigenvalue weighted by Gasteiger charge is 2.17. The molecule has 0 aliphatic rings. The van der Waals surface area contributed by atoms with Crippen LogP contribution in [0, 0.1) is 11.7 Å². The van der Waals surface area contributed by atoms with Crippen LogP contribution in [0.4, 0.5) is 0 Å². The second kappa shape index (κ2) is 8.37. The first kappa shape index (κ1) is 20.2. The number of aromatic nitrogens is 5. The molecule has 3 heterocycles. The number of nitrogens with one attached hydrogen (secondary N) is 1. The number of aromatic amines is 1. The van der Waals surface area contributed by atoms with E-state index >= 15 is 0 Å². The summed E-state index contributed by atoms with van der Waals surface area (Å²) in [4.78, 5) is 18.9. The van der Waals surface area contributed by atoms with Crippen LogP contribution in [0.1, 0.15) is 18.2 Å². The lowest BCUT2D eigenvalue weighted by molar-refractivity contribution is 0.773. The van der Waals surface area contributed by atoms with Crippen LogP contribution in [0.5, 0.6) is 0 Å². The monoisotopic (exact) mass is 436 g/mol. The van der Waals surface area contributed by atoms with Gasteiger partial charge in [-0.1, -0.05) is 12.1 Å². The molecule has 0 radical (unpaired) electrons. The van der Waals surface area contributed by atoms with E-state index in [0.717, 1.165) is 11.3 Å². The summed E-state index contributed by atoms with van der Waals surface area (Å²) in [5.74, 6) is 0.367. The summed E-state index contributed by atoms with van der Waals surface area (Å²) in [6.07, 6.45) is 5.49. The van der Waals surface area contributed by atoms with Crippen LogP contribution < -0.4 is 5.43 Å². The summed E-state index contributed by atoms with van der Waals surface area (Å²) in [5, 5.41) is 12.0. The van der Waals surface area contributed by atoms with Gasteiger partial charge in [0, 0.05) is 23.3 Å².